The molecule has 7 nitrogen and oxygen atoms in total. The lowest BCUT2D eigenvalue weighted by Crippen LogP contribution is -2.41. The van der Waals surface area contributed by atoms with Crippen LogP contribution in [0.3, 0.4) is 0 Å². The number of ether oxygens (including phenoxy) is 1. The predicted octanol–water partition coefficient (Wildman–Crippen LogP) is 1.21. The number of nitrogens with one attached hydrogen (secondary N) is 2. The van der Waals surface area contributed by atoms with Crippen LogP contribution in [0.15, 0.2) is 23.1 Å². The Labute approximate surface area is 149 Å². The normalized spacial score (nSPS) is 18.0. The molecule has 0 radical (unpaired) electrons. The molecule has 0 spiro atoms. The first kappa shape index (κ1) is 19.7. The number of amides is 1. The Balaban J connectivity index is 2.37. The van der Waals surface area contributed by atoms with Gasteiger partial charge in [0, 0.05) is 30.7 Å². The molecule has 1 aliphatic rings. The summed E-state index contributed by atoms with van der Waals surface area (Å²) in [5.41, 5.74) is 0.355. The number of methoxy groups -OCH3 is 1. The Kier molecular flexibility index (Phi) is 6.42. The number of rotatable bonds is 7. The number of likely N-dealkylation sites (tertiary alicyclic amines) is 1. The van der Waals surface area contributed by atoms with E-state index in [1.807, 2.05) is 11.9 Å². The van der Waals surface area contributed by atoms with E-state index in [9.17, 15) is 13.2 Å². The van der Waals surface area contributed by atoms with Crippen LogP contribution in [0.25, 0.3) is 0 Å². The van der Waals surface area contributed by atoms with Crippen LogP contribution in [0.1, 0.15) is 37.0 Å². The second-order valence-electron chi connectivity index (χ2n) is 6.49. The first-order valence-corrected chi connectivity index (χ1v) is 9.94. The van der Waals surface area contributed by atoms with E-state index in [1.165, 1.54) is 19.2 Å². The van der Waals surface area contributed by atoms with E-state index in [4.69, 9.17) is 4.74 Å². The number of likely N-dealkylation sites (N-methyl/N-ethyl adjacent to an activating group) is 1. The standard InChI is InChI=1S/C17H27N3O4S/c1-12(2)19-25(22,23)16-10-13(7-8-15(16)24-4)17(21)20-9-5-6-14(20)11-18-3/h7-8,10,12,14,18-19H,5-6,9,11H2,1-4H3. The van der Waals surface area contributed by atoms with E-state index < -0.39 is 10.0 Å². The number of hydrogen-bond donors (Lipinski definition) is 2. The number of hydrogen-bond acceptors (Lipinski definition) is 5. The third kappa shape index (κ3) is 4.50. The summed E-state index contributed by atoms with van der Waals surface area (Å²) in [4.78, 5) is 14.7. The Hall–Kier alpha value is -1.64. The topological polar surface area (TPSA) is 87.7 Å². The van der Waals surface area contributed by atoms with Gasteiger partial charge in [0.2, 0.25) is 10.0 Å². The fourth-order valence-electron chi connectivity index (χ4n) is 3.11. The minimum absolute atomic E-state index is 0.0149. The minimum Gasteiger partial charge on any atom is -0.495 e. The molecule has 1 aromatic carbocycles. The van der Waals surface area contributed by atoms with Crippen LogP contribution in [-0.4, -0.2) is 58.6 Å². The molecule has 140 valence electrons. The molecule has 2 N–H and O–H groups in total. The molecule has 0 aliphatic carbocycles. The number of carbonyl (C=O) groups is 1. The van der Waals surface area contributed by atoms with Gasteiger partial charge in [-0.25, -0.2) is 13.1 Å². The number of benzene rings is 1. The van der Waals surface area contributed by atoms with Crippen LogP contribution in [-0.2, 0) is 10.0 Å². The third-order valence-electron chi connectivity index (χ3n) is 4.17. The molecule has 1 atom stereocenters. The highest BCUT2D eigenvalue weighted by Gasteiger charge is 2.30. The largest absolute Gasteiger partial charge is 0.495 e. The first-order valence-electron chi connectivity index (χ1n) is 8.46. The Morgan fingerprint density at radius 2 is 2.12 bits per heavy atom. The lowest BCUT2D eigenvalue weighted by molar-refractivity contribution is 0.0736. The fraction of sp³-hybridized carbons (Fsp3) is 0.588. The molecule has 1 unspecified atom stereocenters. The molecule has 1 aliphatic heterocycles. The van der Waals surface area contributed by atoms with Gasteiger partial charge in [-0.3, -0.25) is 4.79 Å². The molecule has 1 saturated heterocycles. The number of sulfonamides is 1. The maximum absolute atomic E-state index is 12.9. The van der Waals surface area contributed by atoms with Crippen LogP contribution < -0.4 is 14.8 Å². The van der Waals surface area contributed by atoms with Crippen LogP contribution in [0.5, 0.6) is 5.75 Å². The van der Waals surface area contributed by atoms with E-state index in [2.05, 4.69) is 10.0 Å². The quantitative estimate of drug-likeness (QED) is 0.754. The van der Waals surface area contributed by atoms with Crippen LogP contribution in [0.4, 0.5) is 0 Å². The van der Waals surface area contributed by atoms with Crippen molar-refractivity contribution in [2.45, 2.75) is 43.7 Å². The summed E-state index contributed by atoms with van der Waals surface area (Å²) in [7, 11) is -0.495. The molecule has 0 aromatic heterocycles. The zero-order chi connectivity index (χ0) is 18.6. The predicted molar refractivity (Wildman–Crippen MR) is 96.4 cm³/mol. The average molecular weight is 369 g/mol. The third-order valence-corrected chi connectivity index (χ3v) is 5.85. The first-order chi connectivity index (χ1) is 11.8. The summed E-state index contributed by atoms with van der Waals surface area (Å²) in [5.74, 6) is 0.0688. The Bertz CT molecular complexity index is 719. The highest BCUT2D eigenvalue weighted by molar-refractivity contribution is 7.89. The molecule has 0 bridgehead atoms. The van der Waals surface area contributed by atoms with Gasteiger partial charge in [0.1, 0.15) is 10.6 Å². The second-order valence-corrected chi connectivity index (χ2v) is 8.18. The Morgan fingerprint density at radius 3 is 2.72 bits per heavy atom. The molecule has 0 saturated carbocycles. The van der Waals surface area contributed by atoms with Crippen LogP contribution in [0, 0.1) is 0 Å². The summed E-state index contributed by atoms with van der Waals surface area (Å²) in [5, 5.41) is 3.10. The molecule has 2 rings (SSSR count). The molecule has 1 aromatic rings. The molecule has 1 fully saturated rings. The lowest BCUT2D eigenvalue weighted by atomic mass is 10.1. The molecule has 8 heteroatoms. The van der Waals surface area contributed by atoms with Crippen molar-refractivity contribution in [2.24, 2.45) is 0 Å². The van der Waals surface area contributed by atoms with Crippen LogP contribution in [0.2, 0.25) is 0 Å². The minimum atomic E-state index is -3.76. The van der Waals surface area contributed by atoms with Gasteiger partial charge in [0.05, 0.1) is 7.11 Å². The maximum Gasteiger partial charge on any atom is 0.254 e. The van der Waals surface area contributed by atoms with Gasteiger partial charge >= 0.3 is 0 Å². The van der Waals surface area contributed by atoms with E-state index in [0.29, 0.717) is 12.1 Å². The Morgan fingerprint density at radius 1 is 1.40 bits per heavy atom. The van der Waals surface area contributed by atoms with Crippen molar-refractivity contribution in [1.29, 1.82) is 0 Å². The summed E-state index contributed by atoms with van der Waals surface area (Å²) < 4.78 is 32.8. The SMILES string of the molecule is CNCC1CCCN1C(=O)c1ccc(OC)c(S(=O)(=O)NC(C)C)c1. The van der Waals surface area contributed by atoms with Gasteiger partial charge in [-0.1, -0.05) is 0 Å². The van der Waals surface area contributed by atoms with Gasteiger partial charge in [-0.2, -0.15) is 0 Å². The highest BCUT2D eigenvalue weighted by Crippen LogP contribution is 2.27. The monoisotopic (exact) mass is 369 g/mol. The highest BCUT2D eigenvalue weighted by atomic mass is 32.2. The van der Waals surface area contributed by atoms with Crippen molar-refractivity contribution in [1.82, 2.24) is 14.9 Å². The maximum atomic E-state index is 12.9. The number of carbonyl (C=O) groups excluding carboxylic acids is 1. The average Bonchev–Trinajstić information content (AvgIpc) is 3.01. The zero-order valence-electron chi connectivity index (χ0n) is 15.2. The van der Waals surface area contributed by atoms with Crippen molar-refractivity contribution >= 4 is 15.9 Å². The second kappa shape index (κ2) is 8.16. The fourth-order valence-corrected chi connectivity index (χ4v) is 4.56. The summed E-state index contributed by atoms with van der Waals surface area (Å²) in [6.07, 6.45) is 1.90. The van der Waals surface area contributed by atoms with Gasteiger partial charge in [-0.15, -0.1) is 0 Å². The molecule has 1 amide bonds. The molecule has 1 heterocycles. The van der Waals surface area contributed by atoms with Crippen molar-refractivity contribution < 1.29 is 17.9 Å². The van der Waals surface area contributed by atoms with Crippen molar-refractivity contribution in [2.75, 3.05) is 27.2 Å². The lowest BCUT2D eigenvalue weighted by Gasteiger charge is -2.25. The van der Waals surface area contributed by atoms with Crippen molar-refractivity contribution in [3.63, 3.8) is 0 Å². The summed E-state index contributed by atoms with van der Waals surface area (Å²) >= 11 is 0. The summed E-state index contributed by atoms with van der Waals surface area (Å²) in [6.45, 7) is 4.89. The van der Waals surface area contributed by atoms with Gasteiger partial charge in [0.25, 0.3) is 5.91 Å². The van der Waals surface area contributed by atoms with Crippen molar-refractivity contribution in [3.05, 3.63) is 23.8 Å². The molecular formula is C17H27N3O4S. The van der Waals surface area contributed by atoms with E-state index >= 15 is 0 Å². The van der Waals surface area contributed by atoms with E-state index in [-0.39, 0.29) is 28.6 Å². The van der Waals surface area contributed by atoms with Gasteiger partial charge < -0.3 is 15.0 Å². The smallest absolute Gasteiger partial charge is 0.254 e. The number of nitrogens with zero attached hydrogens (tertiary/aromatic N) is 1. The van der Waals surface area contributed by atoms with Gasteiger partial charge in [-0.05, 0) is 51.9 Å². The van der Waals surface area contributed by atoms with E-state index in [1.54, 1.807) is 19.9 Å². The van der Waals surface area contributed by atoms with Crippen LogP contribution >= 0.6 is 0 Å². The summed E-state index contributed by atoms with van der Waals surface area (Å²) in [6, 6.07) is 4.43. The van der Waals surface area contributed by atoms with Gasteiger partial charge in [0.15, 0.2) is 0 Å². The molecule has 25 heavy (non-hydrogen) atoms. The van der Waals surface area contributed by atoms with Crippen molar-refractivity contribution in [3.8, 4) is 5.75 Å². The molecular weight excluding hydrogens is 342 g/mol. The van der Waals surface area contributed by atoms with E-state index in [0.717, 1.165) is 19.4 Å². The zero-order valence-corrected chi connectivity index (χ0v) is 16.0.